The maximum absolute atomic E-state index is 12.2. The van der Waals surface area contributed by atoms with Gasteiger partial charge < -0.3 is 5.11 Å². The summed E-state index contributed by atoms with van der Waals surface area (Å²) in [5.41, 5.74) is 0.770. The van der Waals surface area contributed by atoms with Crippen molar-refractivity contribution in [2.45, 2.75) is 11.1 Å². The number of carboxylic acids is 1. The third-order valence-electron chi connectivity index (χ3n) is 2.61. The number of benzene rings is 1. The summed E-state index contributed by atoms with van der Waals surface area (Å²) in [4.78, 5) is 11.1. The van der Waals surface area contributed by atoms with Crippen molar-refractivity contribution in [1.29, 1.82) is 0 Å². The van der Waals surface area contributed by atoms with Gasteiger partial charge in [0.15, 0.2) is 0 Å². The second kappa shape index (κ2) is 5.96. The monoisotopic (exact) mass is 409 g/mol. The van der Waals surface area contributed by atoms with Gasteiger partial charge in [-0.15, -0.1) is 11.3 Å². The van der Waals surface area contributed by atoms with E-state index in [0.717, 1.165) is 11.3 Å². The lowest BCUT2D eigenvalue weighted by Gasteiger charge is -2.08. The largest absolute Gasteiger partial charge is 0.478 e. The van der Waals surface area contributed by atoms with E-state index in [1.807, 2.05) is 0 Å². The zero-order valence-corrected chi connectivity index (χ0v) is 14.5. The predicted octanol–water partition coefficient (Wildman–Crippen LogP) is 3.97. The minimum Gasteiger partial charge on any atom is -0.478 e. The molecule has 0 unspecified atom stereocenters. The number of rotatable bonds is 4. The molecule has 0 spiro atoms. The number of carbonyl (C=O) groups is 1. The second-order valence-electron chi connectivity index (χ2n) is 4.13. The molecule has 21 heavy (non-hydrogen) atoms. The molecule has 1 aromatic carbocycles. The van der Waals surface area contributed by atoms with Gasteiger partial charge in [-0.25, -0.2) is 13.2 Å². The molecule has 0 fully saturated rings. The zero-order valence-electron chi connectivity index (χ0n) is 10.6. The van der Waals surface area contributed by atoms with Crippen molar-refractivity contribution < 1.29 is 18.3 Å². The van der Waals surface area contributed by atoms with Crippen LogP contribution in [0.2, 0.25) is 5.02 Å². The Morgan fingerprint density at radius 2 is 2.05 bits per heavy atom. The van der Waals surface area contributed by atoms with Crippen molar-refractivity contribution in [1.82, 2.24) is 0 Å². The molecule has 0 bridgehead atoms. The van der Waals surface area contributed by atoms with Crippen LogP contribution < -0.4 is 4.72 Å². The fourth-order valence-electron chi connectivity index (χ4n) is 1.58. The molecule has 1 heterocycles. The lowest BCUT2D eigenvalue weighted by Crippen LogP contribution is -2.12. The summed E-state index contributed by atoms with van der Waals surface area (Å²) in [6.07, 6.45) is 0. The average molecular weight is 411 g/mol. The molecular formula is C12H9BrClNO4S2. The van der Waals surface area contributed by atoms with Crippen LogP contribution in [0.25, 0.3) is 0 Å². The number of aryl methyl sites for hydroxylation is 1. The van der Waals surface area contributed by atoms with Gasteiger partial charge in [0.05, 0.1) is 14.4 Å². The smallest absolute Gasteiger partial charge is 0.336 e. The van der Waals surface area contributed by atoms with Crippen LogP contribution in [0.15, 0.2) is 32.3 Å². The maximum atomic E-state index is 12.2. The molecule has 112 valence electrons. The summed E-state index contributed by atoms with van der Waals surface area (Å²) >= 11 is 9.94. The van der Waals surface area contributed by atoms with E-state index in [-0.39, 0.29) is 15.5 Å². The van der Waals surface area contributed by atoms with Gasteiger partial charge in [-0.2, -0.15) is 0 Å². The summed E-state index contributed by atoms with van der Waals surface area (Å²) in [6.45, 7) is 1.64. The number of thiophene rings is 1. The van der Waals surface area contributed by atoms with Gasteiger partial charge in [0, 0.05) is 5.69 Å². The van der Waals surface area contributed by atoms with Gasteiger partial charge in [-0.3, -0.25) is 4.72 Å². The molecule has 0 aliphatic carbocycles. The molecule has 9 heteroatoms. The highest BCUT2D eigenvalue weighted by atomic mass is 79.9. The van der Waals surface area contributed by atoms with E-state index in [0.29, 0.717) is 14.4 Å². The first kappa shape index (κ1) is 16.3. The molecule has 0 aliphatic rings. The third-order valence-corrected chi connectivity index (χ3v) is 6.94. The Bertz CT molecular complexity index is 797. The van der Waals surface area contributed by atoms with Crippen LogP contribution >= 0.6 is 38.9 Å². The van der Waals surface area contributed by atoms with Gasteiger partial charge in [0.2, 0.25) is 0 Å². The van der Waals surface area contributed by atoms with Crippen molar-refractivity contribution in [3.8, 4) is 0 Å². The van der Waals surface area contributed by atoms with Gasteiger partial charge in [0.25, 0.3) is 10.0 Å². The minimum atomic E-state index is -3.81. The summed E-state index contributed by atoms with van der Waals surface area (Å²) in [5, 5.41) is 9.35. The number of carboxylic acid groups (broad SMARTS) is 1. The average Bonchev–Trinajstić information content (AvgIpc) is 2.72. The fourth-order valence-corrected chi connectivity index (χ4v) is 5.03. The molecule has 1 aromatic heterocycles. The number of sulfonamides is 1. The normalized spacial score (nSPS) is 11.4. The molecule has 0 radical (unpaired) electrons. The Balaban J connectivity index is 2.37. The van der Waals surface area contributed by atoms with Gasteiger partial charge in [0.1, 0.15) is 4.21 Å². The SMILES string of the molecule is Cc1ccc(NS(=O)(=O)c2cc(Cl)c(Br)s2)cc1C(=O)O. The number of hydrogen-bond donors (Lipinski definition) is 2. The third kappa shape index (κ3) is 3.57. The summed E-state index contributed by atoms with van der Waals surface area (Å²) in [5.74, 6) is -1.12. The van der Waals surface area contributed by atoms with Crippen LogP contribution in [-0.4, -0.2) is 19.5 Å². The standard InChI is InChI=1S/C12H9BrClNO4S2/c1-6-2-3-7(4-8(6)12(16)17)15-21(18,19)10-5-9(14)11(13)20-10/h2-5,15H,1H3,(H,16,17). The number of nitrogens with one attached hydrogen (secondary N) is 1. The number of aromatic carboxylic acids is 1. The Kier molecular flexibility index (Phi) is 4.62. The van der Waals surface area contributed by atoms with E-state index in [1.54, 1.807) is 13.0 Å². The van der Waals surface area contributed by atoms with E-state index in [4.69, 9.17) is 16.7 Å². The Labute approximate surface area is 138 Å². The molecule has 0 aliphatic heterocycles. The lowest BCUT2D eigenvalue weighted by atomic mass is 10.1. The Morgan fingerprint density at radius 3 is 2.57 bits per heavy atom. The van der Waals surface area contributed by atoms with Crippen molar-refractivity contribution in [2.24, 2.45) is 0 Å². The van der Waals surface area contributed by atoms with Crippen LogP contribution in [-0.2, 0) is 10.0 Å². The van der Waals surface area contributed by atoms with Crippen molar-refractivity contribution >= 4 is 60.5 Å². The molecule has 2 aromatic rings. The fraction of sp³-hybridized carbons (Fsp3) is 0.0833. The molecule has 5 nitrogen and oxygen atoms in total. The number of hydrogen-bond acceptors (Lipinski definition) is 4. The van der Waals surface area contributed by atoms with E-state index < -0.39 is 16.0 Å². The molecular weight excluding hydrogens is 402 g/mol. The molecule has 0 saturated heterocycles. The Hall–Kier alpha value is -1.09. The maximum Gasteiger partial charge on any atom is 0.336 e. The zero-order chi connectivity index (χ0) is 15.8. The first-order valence-electron chi connectivity index (χ1n) is 5.52. The van der Waals surface area contributed by atoms with Crippen molar-refractivity contribution in [2.75, 3.05) is 4.72 Å². The number of anilines is 1. The van der Waals surface area contributed by atoms with E-state index in [2.05, 4.69) is 20.7 Å². The van der Waals surface area contributed by atoms with E-state index in [1.165, 1.54) is 18.2 Å². The minimum absolute atomic E-state index is 0.0387. The van der Waals surface area contributed by atoms with Gasteiger partial charge in [-0.1, -0.05) is 17.7 Å². The molecule has 0 saturated carbocycles. The van der Waals surface area contributed by atoms with Gasteiger partial charge in [-0.05, 0) is 46.6 Å². The van der Waals surface area contributed by atoms with E-state index in [9.17, 15) is 13.2 Å². The highest BCUT2D eigenvalue weighted by molar-refractivity contribution is 9.11. The summed E-state index contributed by atoms with van der Waals surface area (Å²) < 4.78 is 27.3. The quantitative estimate of drug-likeness (QED) is 0.799. The topological polar surface area (TPSA) is 83.5 Å². The predicted molar refractivity (Wildman–Crippen MR) is 86.0 cm³/mol. The van der Waals surface area contributed by atoms with Crippen molar-refractivity contribution in [3.63, 3.8) is 0 Å². The van der Waals surface area contributed by atoms with Crippen LogP contribution in [0.5, 0.6) is 0 Å². The highest BCUT2D eigenvalue weighted by Gasteiger charge is 2.20. The van der Waals surface area contributed by atoms with E-state index >= 15 is 0 Å². The van der Waals surface area contributed by atoms with Gasteiger partial charge >= 0.3 is 5.97 Å². The van der Waals surface area contributed by atoms with Crippen LogP contribution in [0.3, 0.4) is 0 Å². The molecule has 0 atom stereocenters. The van der Waals surface area contributed by atoms with Crippen LogP contribution in [0.1, 0.15) is 15.9 Å². The van der Waals surface area contributed by atoms with Crippen molar-refractivity contribution in [3.05, 3.63) is 44.2 Å². The highest BCUT2D eigenvalue weighted by Crippen LogP contribution is 2.35. The Morgan fingerprint density at radius 1 is 1.38 bits per heavy atom. The summed E-state index contributed by atoms with van der Waals surface area (Å²) in [7, 11) is -3.81. The van der Waals surface area contributed by atoms with Crippen LogP contribution in [0.4, 0.5) is 5.69 Å². The lowest BCUT2D eigenvalue weighted by molar-refractivity contribution is 0.0696. The van der Waals surface area contributed by atoms with Crippen LogP contribution in [0, 0.1) is 6.92 Å². The molecule has 2 rings (SSSR count). The molecule has 0 amide bonds. The molecule has 2 N–H and O–H groups in total. The number of halogens is 2. The first-order valence-corrected chi connectivity index (χ1v) is 8.99. The second-order valence-corrected chi connectivity index (χ2v) is 8.81. The first-order chi connectivity index (χ1) is 9.70. The summed E-state index contributed by atoms with van der Waals surface area (Å²) in [6, 6.07) is 5.65.